The average Bonchev–Trinajstić information content (AvgIpc) is 2.53. The van der Waals surface area contributed by atoms with Gasteiger partial charge in [0.2, 0.25) is 6.36 Å². The summed E-state index contributed by atoms with van der Waals surface area (Å²) in [7, 11) is 1.35. The number of benzene rings is 2. The SMILES string of the molecule is CCc1cc(CBr)c(-c2ccccc2)c(Cl)c1C(F)OC. The van der Waals surface area contributed by atoms with Gasteiger partial charge in [0, 0.05) is 23.6 Å². The van der Waals surface area contributed by atoms with E-state index in [2.05, 4.69) is 15.9 Å². The van der Waals surface area contributed by atoms with Gasteiger partial charge in [-0.25, -0.2) is 4.39 Å². The lowest BCUT2D eigenvalue weighted by Crippen LogP contribution is -2.04. The second-order valence-electron chi connectivity index (χ2n) is 4.70. The average molecular weight is 372 g/mol. The van der Waals surface area contributed by atoms with Gasteiger partial charge >= 0.3 is 0 Å². The molecule has 0 saturated heterocycles. The van der Waals surface area contributed by atoms with Crippen molar-refractivity contribution in [3.05, 3.63) is 58.1 Å². The predicted molar refractivity (Wildman–Crippen MR) is 89.8 cm³/mol. The van der Waals surface area contributed by atoms with Crippen molar-refractivity contribution in [1.29, 1.82) is 0 Å². The van der Waals surface area contributed by atoms with E-state index in [1.54, 1.807) is 0 Å². The second-order valence-corrected chi connectivity index (χ2v) is 5.64. The fourth-order valence-corrected chi connectivity index (χ4v) is 3.33. The molecule has 0 spiro atoms. The van der Waals surface area contributed by atoms with Crippen molar-refractivity contribution in [2.45, 2.75) is 25.0 Å². The zero-order chi connectivity index (χ0) is 15.4. The fourth-order valence-electron chi connectivity index (χ4n) is 2.45. The maximum atomic E-state index is 14.2. The zero-order valence-corrected chi connectivity index (χ0v) is 14.3. The predicted octanol–water partition coefficient (Wildman–Crippen LogP) is 6.08. The zero-order valence-electron chi connectivity index (χ0n) is 12.0. The molecule has 2 aromatic rings. The van der Waals surface area contributed by atoms with Gasteiger partial charge in [-0.05, 0) is 23.1 Å². The first-order chi connectivity index (χ1) is 10.1. The summed E-state index contributed by atoms with van der Waals surface area (Å²) in [5.74, 6) is 0. The minimum Gasteiger partial charge on any atom is -0.348 e. The van der Waals surface area contributed by atoms with E-state index in [0.29, 0.717) is 22.3 Å². The van der Waals surface area contributed by atoms with Crippen LogP contribution in [0.15, 0.2) is 36.4 Å². The van der Waals surface area contributed by atoms with Gasteiger partial charge in [-0.2, -0.15) is 0 Å². The molecule has 4 heteroatoms. The monoisotopic (exact) mass is 370 g/mol. The van der Waals surface area contributed by atoms with Crippen LogP contribution in [0.25, 0.3) is 11.1 Å². The largest absolute Gasteiger partial charge is 0.348 e. The van der Waals surface area contributed by atoms with Crippen LogP contribution in [0, 0.1) is 0 Å². The third-order valence-electron chi connectivity index (χ3n) is 3.49. The van der Waals surface area contributed by atoms with Crippen molar-refractivity contribution in [3.8, 4) is 11.1 Å². The Morgan fingerprint density at radius 2 is 1.90 bits per heavy atom. The van der Waals surface area contributed by atoms with E-state index in [9.17, 15) is 4.39 Å². The van der Waals surface area contributed by atoms with Crippen LogP contribution in [-0.2, 0) is 16.5 Å². The van der Waals surface area contributed by atoms with Gasteiger partial charge in [0.25, 0.3) is 0 Å². The Balaban J connectivity index is 2.74. The topological polar surface area (TPSA) is 9.23 Å². The number of hydrogen-bond donors (Lipinski definition) is 0. The number of hydrogen-bond acceptors (Lipinski definition) is 1. The van der Waals surface area contributed by atoms with Gasteiger partial charge in [0.05, 0.1) is 5.02 Å². The summed E-state index contributed by atoms with van der Waals surface area (Å²) in [4.78, 5) is 0. The molecule has 0 aliphatic heterocycles. The molecule has 0 saturated carbocycles. The molecule has 0 aliphatic rings. The number of methoxy groups -OCH3 is 1. The third kappa shape index (κ3) is 3.31. The summed E-state index contributed by atoms with van der Waals surface area (Å²) in [5, 5.41) is 1.10. The molecule has 0 fully saturated rings. The molecule has 21 heavy (non-hydrogen) atoms. The highest BCUT2D eigenvalue weighted by Gasteiger charge is 2.22. The maximum Gasteiger partial charge on any atom is 0.226 e. The van der Waals surface area contributed by atoms with Crippen LogP contribution in [0.2, 0.25) is 5.02 Å². The lowest BCUT2D eigenvalue weighted by molar-refractivity contribution is -0.00711. The number of rotatable bonds is 5. The first-order valence-electron chi connectivity index (χ1n) is 6.76. The van der Waals surface area contributed by atoms with Crippen LogP contribution in [0.5, 0.6) is 0 Å². The highest BCUT2D eigenvalue weighted by Crippen LogP contribution is 2.41. The number of alkyl halides is 2. The van der Waals surface area contributed by atoms with E-state index in [0.717, 1.165) is 22.3 Å². The first-order valence-corrected chi connectivity index (χ1v) is 8.26. The molecule has 0 amide bonds. The highest BCUT2D eigenvalue weighted by molar-refractivity contribution is 9.08. The minimum absolute atomic E-state index is 0.435. The molecule has 0 heterocycles. The molecule has 112 valence electrons. The maximum absolute atomic E-state index is 14.2. The summed E-state index contributed by atoms with van der Waals surface area (Å²) < 4.78 is 19.0. The van der Waals surface area contributed by atoms with Crippen LogP contribution < -0.4 is 0 Å². The van der Waals surface area contributed by atoms with Gasteiger partial charge in [-0.3, -0.25) is 0 Å². The molecule has 0 aliphatic carbocycles. The van der Waals surface area contributed by atoms with Crippen LogP contribution >= 0.6 is 27.5 Å². The molecule has 2 aromatic carbocycles. The van der Waals surface area contributed by atoms with Crippen molar-refractivity contribution in [2.75, 3.05) is 7.11 Å². The Hall–Kier alpha value is -0.900. The number of ether oxygens (including phenoxy) is 1. The van der Waals surface area contributed by atoms with Crippen molar-refractivity contribution in [3.63, 3.8) is 0 Å². The summed E-state index contributed by atoms with van der Waals surface area (Å²) in [6.45, 7) is 1.98. The van der Waals surface area contributed by atoms with E-state index >= 15 is 0 Å². The lowest BCUT2D eigenvalue weighted by Gasteiger charge is -2.20. The molecule has 2 rings (SSSR count). The van der Waals surface area contributed by atoms with Gasteiger partial charge in [-0.1, -0.05) is 70.9 Å². The molecule has 0 radical (unpaired) electrons. The normalized spacial score (nSPS) is 12.4. The molecule has 0 bridgehead atoms. The van der Waals surface area contributed by atoms with Crippen molar-refractivity contribution >= 4 is 27.5 Å². The Morgan fingerprint density at radius 1 is 1.24 bits per heavy atom. The van der Waals surface area contributed by atoms with E-state index in [-0.39, 0.29) is 0 Å². The minimum atomic E-state index is -1.51. The second kappa shape index (κ2) is 7.39. The van der Waals surface area contributed by atoms with Gasteiger partial charge < -0.3 is 4.74 Å². The number of halogens is 3. The van der Waals surface area contributed by atoms with Gasteiger partial charge in [-0.15, -0.1) is 0 Å². The molecular formula is C17H17BrClFO. The number of aryl methyl sites for hydroxylation is 1. The van der Waals surface area contributed by atoms with Gasteiger partial charge in [0.15, 0.2) is 0 Å². The molecule has 1 atom stereocenters. The molecule has 0 aromatic heterocycles. The smallest absolute Gasteiger partial charge is 0.226 e. The molecule has 1 unspecified atom stereocenters. The Bertz CT molecular complexity index is 616. The van der Waals surface area contributed by atoms with E-state index in [1.165, 1.54) is 7.11 Å². The highest BCUT2D eigenvalue weighted by atomic mass is 79.9. The van der Waals surface area contributed by atoms with Crippen LogP contribution in [-0.4, -0.2) is 7.11 Å². The van der Waals surface area contributed by atoms with Crippen molar-refractivity contribution in [2.24, 2.45) is 0 Å². The first kappa shape index (κ1) is 16.5. The van der Waals surface area contributed by atoms with E-state index in [4.69, 9.17) is 16.3 Å². The van der Waals surface area contributed by atoms with Crippen LogP contribution in [0.1, 0.15) is 30.0 Å². The van der Waals surface area contributed by atoms with E-state index < -0.39 is 6.36 Å². The van der Waals surface area contributed by atoms with Crippen molar-refractivity contribution < 1.29 is 9.13 Å². The summed E-state index contributed by atoms with van der Waals surface area (Å²) in [6, 6.07) is 11.8. The summed E-state index contributed by atoms with van der Waals surface area (Å²) in [6.07, 6.45) is -0.812. The Kier molecular flexibility index (Phi) is 5.80. The van der Waals surface area contributed by atoms with Crippen LogP contribution in [0.3, 0.4) is 0 Å². The van der Waals surface area contributed by atoms with E-state index in [1.807, 2.05) is 43.3 Å². The van der Waals surface area contributed by atoms with Crippen molar-refractivity contribution in [1.82, 2.24) is 0 Å². The Labute approximate surface area is 138 Å². The van der Waals surface area contributed by atoms with Crippen LogP contribution in [0.4, 0.5) is 4.39 Å². The lowest BCUT2D eigenvalue weighted by atomic mass is 9.93. The third-order valence-corrected chi connectivity index (χ3v) is 4.49. The standard InChI is InChI=1S/C17H17BrClFO/c1-3-11-9-13(10-18)14(12-7-5-4-6-8-12)16(19)15(11)17(20)21-2/h4-9,17H,3,10H2,1-2H3. The molecular weight excluding hydrogens is 355 g/mol. The Morgan fingerprint density at radius 3 is 2.43 bits per heavy atom. The quantitative estimate of drug-likeness (QED) is 0.579. The molecule has 1 nitrogen and oxygen atoms in total. The summed E-state index contributed by atoms with van der Waals surface area (Å²) in [5.41, 5.74) is 4.20. The molecule has 0 N–H and O–H groups in total. The summed E-state index contributed by atoms with van der Waals surface area (Å²) >= 11 is 10.0. The van der Waals surface area contributed by atoms with Gasteiger partial charge in [0.1, 0.15) is 0 Å². The fraction of sp³-hybridized carbons (Fsp3) is 0.294.